The van der Waals surface area contributed by atoms with Crippen LogP contribution in [0, 0.1) is 5.92 Å². The number of carbonyl (C=O) groups excluding carboxylic acids is 1. The Labute approximate surface area is 92.3 Å². The van der Waals surface area contributed by atoms with Gasteiger partial charge in [-0.2, -0.15) is 0 Å². The van der Waals surface area contributed by atoms with Crippen molar-refractivity contribution in [3.63, 3.8) is 0 Å². The van der Waals surface area contributed by atoms with E-state index in [2.05, 4.69) is 0 Å². The summed E-state index contributed by atoms with van der Waals surface area (Å²) in [5.41, 5.74) is 0. The Hall–Kier alpha value is -0.970. The van der Waals surface area contributed by atoms with E-state index in [1.165, 1.54) is 16.7 Å². The first-order valence-electron chi connectivity index (χ1n) is 4.96. The Bertz CT molecular complexity index is 308. The fraction of sp³-hybridized carbons (Fsp3) is 0.600. The van der Waals surface area contributed by atoms with E-state index in [-0.39, 0.29) is 11.8 Å². The van der Waals surface area contributed by atoms with Crippen LogP contribution in [0.4, 0.5) is 0 Å². The van der Waals surface area contributed by atoms with Crippen molar-refractivity contribution < 1.29 is 14.7 Å². The molecule has 1 aliphatic heterocycles. The third-order valence-corrected chi connectivity index (χ3v) is 3.82. The van der Waals surface area contributed by atoms with Crippen LogP contribution in [-0.4, -0.2) is 39.6 Å². The molecule has 0 unspecified atom stereocenters. The number of thioether (sulfide) groups is 1. The summed E-state index contributed by atoms with van der Waals surface area (Å²) in [5.74, 6) is 0.121. The van der Waals surface area contributed by atoms with E-state index < -0.39 is 12.0 Å². The van der Waals surface area contributed by atoms with Gasteiger partial charge in [0.05, 0.1) is 5.88 Å². The van der Waals surface area contributed by atoms with Crippen LogP contribution < -0.4 is 0 Å². The molecule has 1 aliphatic carbocycles. The Kier molecular flexibility index (Phi) is 3.00. The lowest BCUT2D eigenvalue weighted by Crippen LogP contribution is -2.44. The Balaban J connectivity index is 2.02. The molecule has 1 N–H and O–H groups in total. The number of hydrogen-bond donors (Lipinski definition) is 1. The number of amides is 1. The van der Waals surface area contributed by atoms with Gasteiger partial charge >= 0.3 is 5.97 Å². The largest absolute Gasteiger partial charge is 0.480 e. The molecule has 1 amide bonds. The van der Waals surface area contributed by atoms with Gasteiger partial charge in [0.25, 0.3) is 0 Å². The van der Waals surface area contributed by atoms with Gasteiger partial charge in [-0.15, -0.1) is 11.8 Å². The molecule has 0 aromatic rings. The predicted octanol–water partition coefficient (Wildman–Crippen LogP) is 0.939. The second-order valence-corrected chi connectivity index (χ2v) is 4.80. The van der Waals surface area contributed by atoms with Crippen LogP contribution in [0.1, 0.15) is 12.8 Å². The number of allylic oxidation sites excluding steroid dienone is 2. The number of hydrogen-bond acceptors (Lipinski definition) is 3. The van der Waals surface area contributed by atoms with Crippen LogP contribution in [0.25, 0.3) is 0 Å². The first-order valence-corrected chi connectivity index (χ1v) is 6.11. The van der Waals surface area contributed by atoms with Gasteiger partial charge in [0, 0.05) is 11.7 Å². The van der Waals surface area contributed by atoms with Crippen molar-refractivity contribution in [2.45, 2.75) is 18.9 Å². The lowest BCUT2D eigenvalue weighted by atomic mass is 10.1. The highest BCUT2D eigenvalue weighted by Crippen LogP contribution is 2.27. The Morgan fingerprint density at radius 2 is 2.00 bits per heavy atom. The van der Waals surface area contributed by atoms with Gasteiger partial charge in [0.2, 0.25) is 5.91 Å². The zero-order valence-corrected chi connectivity index (χ0v) is 9.07. The number of nitrogens with zero attached hydrogens (tertiary/aromatic N) is 1. The lowest BCUT2D eigenvalue weighted by Gasteiger charge is -2.23. The molecule has 2 rings (SSSR count). The van der Waals surface area contributed by atoms with Gasteiger partial charge in [-0.3, -0.25) is 4.79 Å². The van der Waals surface area contributed by atoms with E-state index in [9.17, 15) is 9.59 Å². The molecule has 1 atom stereocenters. The highest BCUT2D eigenvalue weighted by Gasteiger charge is 2.37. The smallest absolute Gasteiger partial charge is 0.327 e. The van der Waals surface area contributed by atoms with Crippen molar-refractivity contribution >= 4 is 23.6 Å². The van der Waals surface area contributed by atoms with Crippen molar-refractivity contribution in [3.05, 3.63) is 12.2 Å². The van der Waals surface area contributed by atoms with E-state index in [1.807, 2.05) is 12.2 Å². The first-order chi connectivity index (χ1) is 7.20. The summed E-state index contributed by atoms with van der Waals surface area (Å²) in [5, 5.41) is 8.95. The molecule has 82 valence electrons. The highest BCUT2D eigenvalue weighted by molar-refractivity contribution is 7.99. The molecular weight excluding hydrogens is 214 g/mol. The second kappa shape index (κ2) is 4.26. The van der Waals surface area contributed by atoms with E-state index in [0.29, 0.717) is 11.6 Å². The molecule has 0 spiro atoms. The van der Waals surface area contributed by atoms with Crippen LogP contribution in [0.3, 0.4) is 0 Å². The highest BCUT2D eigenvalue weighted by atomic mass is 32.2. The van der Waals surface area contributed by atoms with Crippen LogP contribution in [0.5, 0.6) is 0 Å². The maximum Gasteiger partial charge on any atom is 0.327 e. The molecule has 4 nitrogen and oxygen atoms in total. The molecule has 0 aromatic carbocycles. The summed E-state index contributed by atoms with van der Waals surface area (Å²) in [6.45, 7) is 0. The number of carboxylic acids is 1. The van der Waals surface area contributed by atoms with Gasteiger partial charge in [0.1, 0.15) is 6.04 Å². The Morgan fingerprint density at radius 1 is 1.33 bits per heavy atom. The van der Waals surface area contributed by atoms with Crippen molar-refractivity contribution in [3.8, 4) is 0 Å². The normalized spacial score (nSPS) is 26.1. The minimum Gasteiger partial charge on any atom is -0.480 e. The third-order valence-electron chi connectivity index (χ3n) is 2.81. The summed E-state index contributed by atoms with van der Waals surface area (Å²) in [6.07, 6.45) is 5.49. The molecule has 0 saturated carbocycles. The van der Waals surface area contributed by atoms with Crippen molar-refractivity contribution in [1.29, 1.82) is 0 Å². The van der Waals surface area contributed by atoms with Crippen molar-refractivity contribution in [1.82, 2.24) is 4.90 Å². The molecular formula is C10H13NO3S. The molecule has 1 heterocycles. The quantitative estimate of drug-likeness (QED) is 0.713. The molecule has 0 radical (unpaired) electrons. The number of aliphatic carboxylic acids is 1. The van der Waals surface area contributed by atoms with Crippen LogP contribution in [-0.2, 0) is 9.59 Å². The van der Waals surface area contributed by atoms with Gasteiger partial charge < -0.3 is 10.0 Å². The Morgan fingerprint density at radius 3 is 2.60 bits per heavy atom. The summed E-state index contributed by atoms with van der Waals surface area (Å²) < 4.78 is 0. The monoisotopic (exact) mass is 227 g/mol. The standard InChI is InChI=1S/C10H13NO3S/c12-9(7-3-1-2-4-7)11-6-15-5-8(11)10(13)14/h1-2,7-8H,3-6H2,(H,13,14)/t8-/m0/s1. The molecule has 0 bridgehead atoms. The van der Waals surface area contributed by atoms with Crippen molar-refractivity contribution in [2.75, 3.05) is 11.6 Å². The molecule has 15 heavy (non-hydrogen) atoms. The minimum atomic E-state index is -0.890. The average molecular weight is 227 g/mol. The second-order valence-electron chi connectivity index (χ2n) is 3.80. The topological polar surface area (TPSA) is 57.6 Å². The fourth-order valence-corrected chi connectivity index (χ4v) is 3.07. The molecule has 0 aromatic heterocycles. The number of carbonyl (C=O) groups is 2. The molecule has 5 heteroatoms. The SMILES string of the molecule is O=C(O)[C@@H]1CSCN1C(=O)C1CC=CC1. The van der Waals surface area contributed by atoms with Crippen LogP contribution >= 0.6 is 11.8 Å². The minimum absolute atomic E-state index is 0.00241. The van der Waals surface area contributed by atoms with Gasteiger partial charge in [0.15, 0.2) is 0 Å². The van der Waals surface area contributed by atoms with Crippen LogP contribution in [0.2, 0.25) is 0 Å². The van der Waals surface area contributed by atoms with E-state index in [0.717, 1.165) is 12.8 Å². The summed E-state index contributed by atoms with van der Waals surface area (Å²) >= 11 is 1.51. The molecule has 1 saturated heterocycles. The number of rotatable bonds is 2. The van der Waals surface area contributed by atoms with E-state index in [1.54, 1.807) is 0 Å². The number of carboxylic acid groups (broad SMARTS) is 1. The average Bonchev–Trinajstić information content (AvgIpc) is 2.88. The van der Waals surface area contributed by atoms with Crippen LogP contribution in [0.15, 0.2) is 12.2 Å². The zero-order chi connectivity index (χ0) is 10.8. The van der Waals surface area contributed by atoms with Gasteiger partial charge in [-0.05, 0) is 12.8 Å². The molecule has 1 fully saturated rings. The fourth-order valence-electron chi connectivity index (χ4n) is 1.92. The predicted molar refractivity (Wildman–Crippen MR) is 57.5 cm³/mol. The molecule has 2 aliphatic rings. The van der Waals surface area contributed by atoms with E-state index >= 15 is 0 Å². The summed E-state index contributed by atoms with van der Waals surface area (Å²) in [7, 11) is 0. The van der Waals surface area contributed by atoms with Crippen molar-refractivity contribution in [2.24, 2.45) is 5.92 Å². The maximum atomic E-state index is 12.0. The summed E-state index contributed by atoms with van der Waals surface area (Å²) in [4.78, 5) is 24.4. The van der Waals surface area contributed by atoms with E-state index in [4.69, 9.17) is 5.11 Å². The maximum absolute atomic E-state index is 12.0. The first kappa shape index (κ1) is 10.5. The summed E-state index contributed by atoms with van der Waals surface area (Å²) in [6, 6.07) is -0.622. The zero-order valence-electron chi connectivity index (χ0n) is 8.26. The van der Waals surface area contributed by atoms with Gasteiger partial charge in [-0.1, -0.05) is 12.2 Å². The lowest BCUT2D eigenvalue weighted by molar-refractivity contribution is -0.149. The third kappa shape index (κ3) is 2.02. The van der Waals surface area contributed by atoms with Gasteiger partial charge in [-0.25, -0.2) is 4.79 Å².